The first-order valence-corrected chi connectivity index (χ1v) is 6.03. The molecule has 1 heterocycles. The molecule has 0 aromatic heterocycles. The van der Waals surface area contributed by atoms with Gasteiger partial charge in [-0.15, -0.1) is 0 Å². The Hall–Kier alpha value is -1.35. The summed E-state index contributed by atoms with van der Waals surface area (Å²) in [5.41, 5.74) is 2.87. The van der Waals surface area contributed by atoms with Crippen molar-refractivity contribution in [2.45, 2.75) is 20.3 Å². The maximum atomic E-state index is 12.4. The van der Waals surface area contributed by atoms with E-state index in [-0.39, 0.29) is 11.7 Å². The van der Waals surface area contributed by atoms with E-state index in [0.717, 1.165) is 42.0 Å². The topological polar surface area (TPSA) is 38.3 Å². The van der Waals surface area contributed by atoms with Crippen LogP contribution in [-0.4, -0.2) is 26.0 Å². The Labute approximate surface area is 102 Å². The summed E-state index contributed by atoms with van der Waals surface area (Å²) in [4.78, 5) is 12.4. The van der Waals surface area contributed by atoms with Gasteiger partial charge in [0.2, 0.25) is 0 Å². The molecular weight excluding hydrogens is 214 g/mol. The van der Waals surface area contributed by atoms with E-state index in [0.29, 0.717) is 0 Å². The van der Waals surface area contributed by atoms with Crippen LogP contribution in [0.5, 0.6) is 5.75 Å². The first kappa shape index (κ1) is 12.1. The summed E-state index contributed by atoms with van der Waals surface area (Å²) in [6.45, 7) is 5.71. The first-order valence-electron chi connectivity index (χ1n) is 6.03. The number of benzene rings is 1. The average Bonchev–Trinajstić information content (AvgIpc) is 2.80. The normalized spacial score (nSPS) is 19.4. The molecule has 1 aliphatic heterocycles. The summed E-state index contributed by atoms with van der Waals surface area (Å²) in [5.74, 6) is 1.04. The molecule has 1 saturated heterocycles. The van der Waals surface area contributed by atoms with Gasteiger partial charge in [0.05, 0.1) is 12.7 Å². The Morgan fingerprint density at radius 2 is 2.18 bits per heavy atom. The first-order chi connectivity index (χ1) is 8.13. The smallest absolute Gasteiger partial charge is 0.171 e. The minimum absolute atomic E-state index is 0.102. The third-order valence-corrected chi connectivity index (χ3v) is 3.32. The molecule has 17 heavy (non-hydrogen) atoms. The highest BCUT2D eigenvalue weighted by molar-refractivity contribution is 6.01. The van der Waals surface area contributed by atoms with Crippen molar-refractivity contribution in [1.82, 2.24) is 5.32 Å². The second kappa shape index (κ2) is 4.88. The van der Waals surface area contributed by atoms with Gasteiger partial charge in [0.25, 0.3) is 0 Å². The van der Waals surface area contributed by atoms with E-state index in [1.807, 2.05) is 26.0 Å². The van der Waals surface area contributed by atoms with Gasteiger partial charge in [0.15, 0.2) is 5.78 Å². The molecule has 0 amide bonds. The summed E-state index contributed by atoms with van der Waals surface area (Å²) < 4.78 is 5.37. The van der Waals surface area contributed by atoms with Gasteiger partial charge in [-0.2, -0.15) is 0 Å². The lowest BCUT2D eigenvalue weighted by molar-refractivity contribution is 0.0927. The van der Waals surface area contributed by atoms with Gasteiger partial charge in [-0.3, -0.25) is 4.79 Å². The van der Waals surface area contributed by atoms with Crippen LogP contribution in [0.1, 0.15) is 27.9 Å². The van der Waals surface area contributed by atoms with Crippen molar-refractivity contribution >= 4 is 5.78 Å². The van der Waals surface area contributed by atoms with Crippen LogP contribution < -0.4 is 10.1 Å². The quantitative estimate of drug-likeness (QED) is 0.813. The van der Waals surface area contributed by atoms with Gasteiger partial charge in [-0.1, -0.05) is 6.07 Å². The van der Waals surface area contributed by atoms with Crippen LogP contribution in [-0.2, 0) is 0 Å². The molecule has 0 spiro atoms. The van der Waals surface area contributed by atoms with Gasteiger partial charge in [-0.05, 0) is 44.0 Å². The van der Waals surface area contributed by atoms with E-state index >= 15 is 0 Å². The zero-order valence-corrected chi connectivity index (χ0v) is 10.7. The summed E-state index contributed by atoms with van der Waals surface area (Å²) >= 11 is 0. The van der Waals surface area contributed by atoms with Crippen molar-refractivity contribution in [2.75, 3.05) is 20.2 Å². The van der Waals surface area contributed by atoms with Crippen LogP contribution in [0.3, 0.4) is 0 Å². The van der Waals surface area contributed by atoms with Crippen LogP contribution in [0.25, 0.3) is 0 Å². The van der Waals surface area contributed by atoms with Crippen LogP contribution >= 0.6 is 0 Å². The lowest BCUT2D eigenvalue weighted by Crippen LogP contribution is -2.19. The maximum Gasteiger partial charge on any atom is 0.171 e. The van der Waals surface area contributed by atoms with E-state index < -0.39 is 0 Å². The number of rotatable bonds is 3. The molecule has 1 aromatic rings. The highest BCUT2D eigenvalue weighted by Gasteiger charge is 2.26. The average molecular weight is 233 g/mol. The van der Waals surface area contributed by atoms with E-state index in [4.69, 9.17) is 4.74 Å². The van der Waals surface area contributed by atoms with Crippen molar-refractivity contribution in [3.63, 3.8) is 0 Å². The molecule has 1 fully saturated rings. The van der Waals surface area contributed by atoms with E-state index in [2.05, 4.69) is 5.32 Å². The fourth-order valence-electron chi connectivity index (χ4n) is 2.51. The van der Waals surface area contributed by atoms with Gasteiger partial charge in [-0.25, -0.2) is 0 Å². The third-order valence-electron chi connectivity index (χ3n) is 3.32. The summed E-state index contributed by atoms with van der Waals surface area (Å²) in [7, 11) is 1.63. The molecular formula is C14H19NO2. The van der Waals surface area contributed by atoms with Crippen molar-refractivity contribution in [1.29, 1.82) is 0 Å². The molecule has 3 heteroatoms. The molecule has 0 radical (unpaired) electrons. The molecule has 1 N–H and O–H groups in total. The second-order valence-corrected chi connectivity index (χ2v) is 4.72. The largest absolute Gasteiger partial charge is 0.496 e. The molecule has 1 atom stereocenters. The molecule has 0 saturated carbocycles. The van der Waals surface area contributed by atoms with E-state index in [1.165, 1.54) is 0 Å². The Balaban J connectivity index is 2.39. The Morgan fingerprint density at radius 1 is 1.41 bits per heavy atom. The molecule has 2 rings (SSSR count). The van der Waals surface area contributed by atoms with E-state index in [1.54, 1.807) is 7.11 Å². The molecule has 1 aromatic carbocycles. The monoisotopic (exact) mass is 233 g/mol. The fraction of sp³-hybridized carbons (Fsp3) is 0.500. The molecule has 0 bridgehead atoms. The number of carbonyl (C=O) groups excluding carboxylic acids is 1. The highest BCUT2D eigenvalue weighted by Crippen LogP contribution is 2.28. The zero-order valence-electron chi connectivity index (χ0n) is 10.7. The number of Topliss-reactive ketones (excluding diaryl/α,β-unsaturated/α-hetero) is 1. The van der Waals surface area contributed by atoms with Crippen molar-refractivity contribution < 1.29 is 9.53 Å². The number of aryl methyl sites for hydroxylation is 2. The van der Waals surface area contributed by atoms with Gasteiger partial charge in [0, 0.05) is 12.5 Å². The zero-order chi connectivity index (χ0) is 12.4. The van der Waals surface area contributed by atoms with Crippen LogP contribution in [0, 0.1) is 19.8 Å². The summed E-state index contributed by atoms with van der Waals surface area (Å²) in [6, 6.07) is 3.98. The maximum absolute atomic E-state index is 12.4. The molecule has 1 unspecified atom stereocenters. The fourth-order valence-corrected chi connectivity index (χ4v) is 2.51. The number of carbonyl (C=O) groups is 1. The number of ether oxygens (including phenoxy) is 1. The number of ketones is 1. The number of hydrogen-bond acceptors (Lipinski definition) is 3. The summed E-state index contributed by atoms with van der Waals surface area (Å²) in [6.07, 6.45) is 0.926. The highest BCUT2D eigenvalue weighted by atomic mass is 16.5. The van der Waals surface area contributed by atoms with E-state index in [9.17, 15) is 4.79 Å². The van der Waals surface area contributed by atoms with Crippen molar-refractivity contribution in [3.8, 4) is 5.75 Å². The van der Waals surface area contributed by atoms with Crippen LogP contribution in [0.2, 0.25) is 0 Å². The van der Waals surface area contributed by atoms with Gasteiger partial charge in [0.1, 0.15) is 5.75 Å². The molecule has 92 valence electrons. The minimum Gasteiger partial charge on any atom is -0.496 e. The number of nitrogens with one attached hydrogen (secondary N) is 1. The predicted molar refractivity (Wildman–Crippen MR) is 67.8 cm³/mol. The van der Waals surface area contributed by atoms with Crippen molar-refractivity contribution in [2.24, 2.45) is 5.92 Å². The standard InChI is InChI=1S/C14H19NO2/c1-9-6-10(2)14(17-3)12(7-9)13(16)11-4-5-15-8-11/h6-7,11,15H,4-5,8H2,1-3H3. The minimum atomic E-state index is 0.102. The second-order valence-electron chi connectivity index (χ2n) is 4.72. The Morgan fingerprint density at radius 3 is 2.76 bits per heavy atom. The molecule has 1 aliphatic rings. The SMILES string of the molecule is COc1c(C)cc(C)cc1C(=O)C1CCNC1. The van der Waals surface area contributed by atoms with Gasteiger partial charge < -0.3 is 10.1 Å². The number of hydrogen-bond donors (Lipinski definition) is 1. The lowest BCUT2D eigenvalue weighted by atomic mass is 9.93. The third kappa shape index (κ3) is 2.34. The lowest BCUT2D eigenvalue weighted by Gasteiger charge is -2.14. The van der Waals surface area contributed by atoms with Crippen molar-refractivity contribution in [3.05, 3.63) is 28.8 Å². The van der Waals surface area contributed by atoms with Crippen LogP contribution in [0.15, 0.2) is 12.1 Å². The molecule has 3 nitrogen and oxygen atoms in total. The van der Waals surface area contributed by atoms with Gasteiger partial charge >= 0.3 is 0 Å². The predicted octanol–water partition coefficient (Wildman–Crippen LogP) is 2.10. The summed E-state index contributed by atoms with van der Waals surface area (Å²) in [5, 5.41) is 3.23. The Bertz CT molecular complexity index is 434. The number of methoxy groups -OCH3 is 1. The molecule has 0 aliphatic carbocycles. The van der Waals surface area contributed by atoms with Crippen LogP contribution in [0.4, 0.5) is 0 Å². The Kier molecular flexibility index (Phi) is 3.48.